The normalized spacial score (nSPS) is 11.3. The van der Waals surface area contributed by atoms with Gasteiger partial charge in [0.25, 0.3) is 12.3 Å². The van der Waals surface area contributed by atoms with Crippen molar-refractivity contribution in [3.63, 3.8) is 0 Å². The zero-order chi connectivity index (χ0) is 23.7. The molecule has 0 saturated heterocycles. The van der Waals surface area contributed by atoms with Crippen LogP contribution < -0.4 is 5.32 Å². The van der Waals surface area contributed by atoms with Crippen molar-refractivity contribution < 1.29 is 13.6 Å². The highest BCUT2D eigenvalue weighted by molar-refractivity contribution is 6.30. The van der Waals surface area contributed by atoms with Crippen LogP contribution in [0.1, 0.15) is 28.0 Å². The summed E-state index contributed by atoms with van der Waals surface area (Å²) in [6, 6.07) is 17.6. The van der Waals surface area contributed by atoms with Crippen molar-refractivity contribution in [2.24, 2.45) is 0 Å². The van der Waals surface area contributed by atoms with Crippen molar-refractivity contribution in [1.29, 1.82) is 0 Å². The number of anilines is 1. The van der Waals surface area contributed by atoms with Crippen LogP contribution >= 0.6 is 11.6 Å². The Labute approximate surface area is 197 Å². The number of amides is 1. The third-order valence-electron chi connectivity index (χ3n) is 5.16. The maximum Gasteiger partial charge on any atom is 0.280 e. The Hall–Kier alpha value is -4.11. The Bertz CT molecular complexity index is 1480. The molecule has 0 aliphatic carbocycles. The number of alkyl halides is 2. The van der Waals surface area contributed by atoms with E-state index in [2.05, 4.69) is 20.5 Å². The van der Waals surface area contributed by atoms with Crippen LogP contribution in [0.4, 0.5) is 14.5 Å². The molecule has 0 radical (unpaired) electrons. The van der Waals surface area contributed by atoms with E-state index < -0.39 is 12.3 Å². The summed E-state index contributed by atoms with van der Waals surface area (Å²) in [5.41, 5.74) is 2.14. The number of hydrogen-bond donors (Lipinski definition) is 1. The second kappa shape index (κ2) is 9.03. The monoisotopic (exact) mass is 478 g/mol. The van der Waals surface area contributed by atoms with Gasteiger partial charge in [-0.2, -0.15) is 10.2 Å². The topological polar surface area (TPSA) is 77.1 Å². The highest BCUT2D eigenvalue weighted by atomic mass is 35.5. The molecular formula is C24H17ClF2N6O. The molecule has 1 amide bonds. The third-order valence-corrected chi connectivity index (χ3v) is 5.40. The molecule has 3 aromatic heterocycles. The standard InChI is InChI=1S/C24H17ClF2N6O/c25-17-8-4-5-15(9-17)13-32-14-18(11-28-32)30-24(34)19-12-29-33-21(22(26)27)10-20(31-23(19)33)16-6-2-1-3-7-16/h1-12,14,22H,13H2,(H,30,34). The summed E-state index contributed by atoms with van der Waals surface area (Å²) in [6.07, 6.45) is 1.60. The van der Waals surface area contributed by atoms with Crippen LogP contribution in [0.3, 0.4) is 0 Å². The van der Waals surface area contributed by atoms with Crippen LogP contribution in [0.15, 0.2) is 79.3 Å². The SMILES string of the molecule is O=C(Nc1cnn(Cc2cccc(Cl)c2)c1)c1cnn2c(C(F)F)cc(-c3ccccc3)nc12. The Morgan fingerprint density at radius 1 is 1.03 bits per heavy atom. The fraction of sp³-hybridized carbons (Fsp3) is 0.0833. The molecule has 0 bridgehead atoms. The average molecular weight is 479 g/mol. The number of nitrogens with zero attached hydrogens (tertiary/aromatic N) is 5. The van der Waals surface area contributed by atoms with E-state index in [9.17, 15) is 13.6 Å². The van der Waals surface area contributed by atoms with E-state index in [1.54, 1.807) is 41.2 Å². The minimum absolute atomic E-state index is 0.0421. The quantitative estimate of drug-likeness (QED) is 0.350. The Morgan fingerprint density at radius 3 is 2.62 bits per heavy atom. The van der Waals surface area contributed by atoms with Crippen molar-refractivity contribution in [1.82, 2.24) is 24.4 Å². The first-order valence-electron chi connectivity index (χ1n) is 10.3. The molecule has 0 spiro atoms. The van der Waals surface area contributed by atoms with E-state index in [1.165, 1.54) is 18.5 Å². The van der Waals surface area contributed by atoms with E-state index >= 15 is 0 Å². The van der Waals surface area contributed by atoms with Crippen LogP contribution in [-0.2, 0) is 6.54 Å². The molecule has 0 aliphatic rings. The van der Waals surface area contributed by atoms with Crippen molar-refractivity contribution in [2.75, 3.05) is 5.32 Å². The van der Waals surface area contributed by atoms with Gasteiger partial charge in [0.1, 0.15) is 11.3 Å². The number of aromatic nitrogens is 5. The molecule has 3 heterocycles. The summed E-state index contributed by atoms with van der Waals surface area (Å²) in [4.78, 5) is 17.4. The minimum atomic E-state index is -2.80. The predicted octanol–water partition coefficient (Wildman–Crippen LogP) is 5.48. The van der Waals surface area contributed by atoms with Gasteiger partial charge in [-0.15, -0.1) is 0 Å². The second-order valence-electron chi connectivity index (χ2n) is 7.54. The lowest BCUT2D eigenvalue weighted by Crippen LogP contribution is -2.12. The smallest absolute Gasteiger partial charge is 0.280 e. The van der Waals surface area contributed by atoms with E-state index in [1.807, 2.05) is 24.3 Å². The predicted molar refractivity (Wildman–Crippen MR) is 124 cm³/mol. The molecule has 5 rings (SSSR count). The second-order valence-corrected chi connectivity index (χ2v) is 7.97. The number of carbonyl (C=O) groups excluding carboxylic acids is 1. The van der Waals surface area contributed by atoms with E-state index in [4.69, 9.17) is 11.6 Å². The molecule has 2 aromatic carbocycles. The van der Waals surface area contributed by atoms with Crippen LogP contribution in [0.2, 0.25) is 5.02 Å². The van der Waals surface area contributed by atoms with Crippen molar-refractivity contribution >= 4 is 28.8 Å². The van der Waals surface area contributed by atoms with Gasteiger partial charge in [-0.05, 0) is 23.8 Å². The van der Waals surface area contributed by atoms with Crippen LogP contribution in [0.5, 0.6) is 0 Å². The van der Waals surface area contributed by atoms with Gasteiger partial charge in [-0.1, -0.05) is 54.1 Å². The maximum atomic E-state index is 13.7. The zero-order valence-corrected chi connectivity index (χ0v) is 18.3. The summed E-state index contributed by atoms with van der Waals surface area (Å²) in [5.74, 6) is -0.532. The zero-order valence-electron chi connectivity index (χ0n) is 17.6. The Balaban J connectivity index is 1.43. The largest absolute Gasteiger partial charge is 0.319 e. The summed E-state index contributed by atoms with van der Waals surface area (Å²) in [7, 11) is 0. The number of rotatable bonds is 6. The van der Waals surface area contributed by atoms with Gasteiger partial charge in [0.15, 0.2) is 5.65 Å². The summed E-state index contributed by atoms with van der Waals surface area (Å²) in [5, 5.41) is 11.6. The van der Waals surface area contributed by atoms with Crippen LogP contribution in [-0.4, -0.2) is 30.3 Å². The fourth-order valence-corrected chi connectivity index (χ4v) is 3.81. The molecule has 0 atom stereocenters. The minimum Gasteiger partial charge on any atom is -0.319 e. The van der Waals surface area contributed by atoms with Crippen LogP contribution in [0, 0.1) is 0 Å². The Kier molecular flexibility index (Phi) is 5.77. The van der Waals surface area contributed by atoms with Gasteiger partial charge < -0.3 is 5.32 Å². The van der Waals surface area contributed by atoms with Gasteiger partial charge in [0, 0.05) is 16.8 Å². The van der Waals surface area contributed by atoms with Crippen molar-refractivity contribution in [2.45, 2.75) is 13.0 Å². The number of fused-ring (bicyclic) bond motifs is 1. The first-order valence-corrected chi connectivity index (χ1v) is 10.7. The highest BCUT2D eigenvalue weighted by Gasteiger charge is 2.22. The molecule has 5 aromatic rings. The van der Waals surface area contributed by atoms with E-state index in [-0.39, 0.29) is 16.9 Å². The summed E-state index contributed by atoms with van der Waals surface area (Å²) in [6.45, 7) is 0.465. The van der Waals surface area contributed by atoms with Crippen molar-refractivity contribution in [3.8, 4) is 11.3 Å². The number of hydrogen-bond acceptors (Lipinski definition) is 4. The summed E-state index contributed by atoms with van der Waals surface area (Å²) >= 11 is 6.02. The molecule has 1 N–H and O–H groups in total. The highest BCUT2D eigenvalue weighted by Crippen LogP contribution is 2.27. The molecule has 0 aliphatic heterocycles. The lowest BCUT2D eigenvalue weighted by Gasteiger charge is -2.08. The maximum absolute atomic E-state index is 13.7. The molecular weight excluding hydrogens is 462 g/mol. The molecule has 0 fully saturated rings. The van der Waals surface area contributed by atoms with Gasteiger partial charge in [-0.3, -0.25) is 9.48 Å². The van der Waals surface area contributed by atoms with Crippen LogP contribution in [0.25, 0.3) is 16.9 Å². The van der Waals surface area contributed by atoms with E-state index in [0.29, 0.717) is 28.5 Å². The fourth-order valence-electron chi connectivity index (χ4n) is 3.59. The molecule has 10 heteroatoms. The molecule has 170 valence electrons. The number of benzene rings is 2. The third kappa shape index (κ3) is 4.38. The summed E-state index contributed by atoms with van der Waals surface area (Å²) < 4.78 is 30.1. The van der Waals surface area contributed by atoms with Gasteiger partial charge in [0.2, 0.25) is 0 Å². The Morgan fingerprint density at radius 2 is 1.85 bits per heavy atom. The van der Waals surface area contributed by atoms with Gasteiger partial charge in [0.05, 0.1) is 30.3 Å². The molecule has 0 saturated carbocycles. The number of halogens is 3. The number of carbonyl (C=O) groups is 1. The first kappa shape index (κ1) is 21.7. The molecule has 0 unspecified atom stereocenters. The van der Waals surface area contributed by atoms with Crippen molar-refractivity contribution in [3.05, 3.63) is 101 Å². The lowest BCUT2D eigenvalue weighted by atomic mass is 10.1. The van der Waals surface area contributed by atoms with E-state index in [0.717, 1.165) is 10.1 Å². The number of nitrogens with one attached hydrogen (secondary N) is 1. The van der Waals surface area contributed by atoms with Gasteiger partial charge >= 0.3 is 0 Å². The molecule has 34 heavy (non-hydrogen) atoms. The lowest BCUT2D eigenvalue weighted by molar-refractivity contribution is 0.102. The average Bonchev–Trinajstić information content (AvgIpc) is 3.45. The molecule has 7 nitrogen and oxygen atoms in total. The van der Waals surface area contributed by atoms with Gasteiger partial charge in [-0.25, -0.2) is 18.3 Å². The first-order chi connectivity index (χ1) is 16.5.